The van der Waals surface area contributed by atoms with Crippen LogP contribution >= 0.6 is 11.6 Å². The largest absolute Gasteiger partial charge is 0.495 e. The third kappa shape index (κ3) is 11.2. The normalized spacial score (nSPS) is 32.4. The molecule has 62 heavy (non-hydrogen) atoms. The number of carbonyl (C=O) groups is 5. The van der Waals surface area contributed by atoms with E-state index in [4.69, 9.17) is 40.0 Å². The number of allylic oxidation sites excluding steroid dienone is 3. The minimum Gasteiger partial charge on any atom is -0.495 e. The fourth-order valence-electron chi connectivity index (χ4n) is 8.93. The molecule has 16 nitrogen and oxygen atoms in total. The van der Waals surface area contributed by atoms with E-state index in [0.29, 0.717) is 50.1 Å². The Balaban J connectivity index is 1.38. The Hall–Kier alpha value is -4.38. The smallest absolute Gasteiger partial charge is 0.409 e. The Kier molecular flexibility index (Phi) is 15.0. The van der Waals surface area contributed by atoms with Gasteiger partial charge in [0.15, 0.2) is 5.72 Å². The Labute approximate surface area is 369 Å². The van der Waals surface area contributed by atoms with E-state index in [1.165, 1.54) is 24.0 Å². The fraction of sp³-hybridized carbons (Fsp3) is 0.667. The SMILES string of the molecule is COc1cc2cc(c1Cl)N(C)C(=O)C[C@H](OC(=O)[C@H](C)N(C)C(=O)[C@H]1CC[C@H](CNC(=O)OC(C)(C)C)CC1)[C@@]1(C)CC(C)(O1)[C@@H]1C[C@@](O)(NC(=O)O1)[C@H](OC)/C=C/C=C(\C)C2. The second-order valence-corrected chi connectivity index (χ2v) is 19.1. The van der Waals surface area contributed by atoms with Crippen LogP contribution in [0.5, 0.6) is 5.75 Å². The fourth-order valence-corrected chi connectivity index (χ4v) is 9.24. The number of hydrogen-bond acceptors (Lipinski definition) is 12. The molecule has 17 heteroatoms. The average Bonchev–Trinajstić information content (AvgIpc) is 3.18. The van der Waals surface area contributed by atoms with Crippen LogP contribution in [0.3, 0.4) is 0 Å². The van der Waals surface area contributed by atoms with Crippen molar-refractivity contribution in [3.8, 4) is 5.75 Å². The first-order valence-corrected chi connectivity index (χ1v) is 21.6. The van der Waals surface area contributed by atoms with Crippen molar-refractivity contribution in [2.24, 2.45) is 11.8 Å². The van der Waals surface area contributed by atoms with E-state index >= 15 is 0 Å². The van der Waals surface area contributed by atoms with Crippen molar-refractivity contribution < 1.29 is 57.5 Å². The first-order valence-electron chi connectivity index (χ1n) is 21.3. The summed E-state index contributed by atoms with van der Waals surface area (Å²) in [6, 6.07) is 2.55. The van der Waals surface area contributed by atoms with E-state index in [0.717, 1.165) is 11.1 Å². The topological polar surface area (TPSA) is 191 Å². The van der Waals surface area contributed by atoms with Crippen LogP contribution in [0.15, 0.2) is 35.9 Å². The molecule has 7 atom stereocenters. The second kappa shape index (κ2) is 19.2. The zero-order chi connectivity index (χ0) is 45.9. The number of nitrogens with zero attached hydrogens (tertiary/aromatic N) is 2. The van der Waals surface area contributed by atoms with E-state index in [-0.39, 0.29) is 42.0 Å². The van der Waals surface area contributed by atoms with Crippen LogP contribution in [0.25, 0.3) is 0 Å². The van der Waals surface area contributed by atoms with Gasteiger partial charge in [0.2, 0.25) is 11.8 Å². The maximum absolute atomic E-state index is 14.3. The Morgan fingerprint density at radius 2 is 1.77 bits per heavy atom. The van der Waals surface area contributed by atoms with Crippen molar-refractivity contribution in [2.45, 2.75) is 147 Å². The third-order valence-corrected chi connectivity index (χ3v) is 12.9. The van der Waals surface area contributed by atoms with Gasteiger partial charge in [0, 0.05) is 46.5 Å². The maximum atomic E-state index is 14.3. The highest BCUT2D eigenvalue weighted by Gasteiger charge is 2.63. The molecule has 6 bridgehead atoms. The zero-order valence-electron chi connectivity index (χ0n) is 37.9. The van der Waals surface area contributed by atoms with Crippen LogP contribution in [-0.2, 0) is 44.5 Å². The second-order valence-electron chi connectivity index (χ2n) is 18.7. The van der Waals surface area contributed by atoms with Crippen molar-refractivity contribution in [3.63, 3.8) is 0 Å². The standard InChI is InChI=1S/C45H65ClN4O12/c1-26-13-12-14-33(58-11)45(56)23-35(60-41(55)48-45)44(7)25-43(6,62-44)34(22-36(51)50(9)31-20-29(19-26)21-32(57-10)37(31)46)59-39(53)27(2)49(8)38(52)30-17-15-28(16-18-30)24-47-40(54)61-42(3,4)5/h12-14,20-21,27-28,30,33-35,56H,15-19,22-25H2,1-11H3,(H,47,54)(H,48,55)/b14-12+,26-13+/t27-,28-,30-,33+,34-,35-,43+,44?,45-/m0/s1. The summed E-state index contributed by atoms with van der Waals surface area (Å²) in [5, 5.41) is 17.4. The van der Waals surface area contributed by atoms with Gasteiger partial charge >= 0.3 is 18.2 Å². The molecule has 0 spiro atoms. The first kappa shape index (κ1) is 48.6. The molecule has 2 saturated heterocycles. The van der Waals surface area contributed by atoms with Crippen LogP contribution in [0, 0.1) is 11.8 Å². The lowest BCUT2D eigenvalue weighted by Gasteiger charge is -2.59. The number of ether oxygens (including phenoxy) is 6. The van der Waals surface area contributed by atoms with E-state index < -0.39 is 70.9 Å². The zero-order valence-corrected chi connectivity index (χ0v) is 38.7. The molecule has 1 aromatic rings. The molecule has 4 aliphatic heterocycles. The highest BCUT2D eigenvalue weighted by Crippen LogP contribution is 2.50. The summed E-state index contributed by atoms with van der Waals surface area (Å²) in [7, 11) is 6.04. The van der Waals surface area contributed by atoms with E-state index in [2.05, 4.69) is 10.6 Å². The van der Waals surface area contributed by atoms with Gasteiger partial charge in [0.25, 0.3) is 0 Å². The molecule has 1 aliphatic carbocycles. The first-order chi connectivity index (χ1) is 28.9. The van der Waals surface area contributed by atoms with Gasteiger partial charge in [0.05, 0.1) is 19.2 Å². The summed E-state index contributed by atoms with van der Waals surface area (Å²) >= 11 is 6.81. The number of benzene rings is 1. The molecular weight excluding hydrogens is 824 g/mol. The number of rotatable bonds is 8. The van der Waals surface area contributed by atoms with Gasteiger partial charge in [-0.3, -0.25) is 14.9 Å². The van der Waals surface area contributed by atoms with Gasteiger partial charge in [-0.05, 0) is 104 Å². The van der Waals surface area contributed by atoms with Crippen molar-refractivity contribution in [1.82, 2.24) is 15.5 Å². The van der Waals surface area contributed by atoms with E-state index in [9.17, 15) is 29.1 Å². The molecule has 3 fully saturated rings. The minimum absolute atomic E-state index is 0.112. The molecule has 344 valence electrons. The van der Waals surface area contributed by atoms with E-state index in [1.54, 1.807) is 79.9 Å². The van der Waals surface area contributed by atoms with Gasteiger partial charge in [-0.25, -0.2) is 14.4 Å². The van der Waals surface area contributed by atoms with Gasteiger partial charge in [-0.15, -0.1) is 0 Å². The molecule has 4 heterocycles. The van der Waals surface area contributed by atoms with Gasteiger partial charge < -0.3 is 48.6 Å². The van der Waals surface area contributed by atoms with Crippen LogP contribution in [0.2, 0.25) is 5.02 Å². The number of hydrogen-bond donors (Lipinski definition) is 3. The molecule has 4 amide bonds. The summed E-state index contributed by atoms with van der Waals surface area (Å²) in [5.74, 6) is -1.18. The lowest BCUT2D eigenvalue weighted by molar-refractivity contribution is -0.328. The molecule has 1 aromatic carbocycles. The van der Waals surface area contributed by atoms with Crippen molar-refractivity contribution in [1.29, 1.82) is 0 Å². The van der Waals surface area contributed by atoms with Crippen LogP contribution in [-0.4, -0.2) is 122 Å². The summed E-state index contributed by atoms with van der Waals surface area (Å²) in [6.07, 6.45) is 3.51. The monoisotopic (exact) mass is 888 g/mol. The lowest BCUT2D eigenvalue weighted by atomic mass is 9.72. The number of esters is 1. The Morgan fingerprint density at radius 3 is 2.39 bits per heavy atom. The summed E-state index contributed by atoms with van der Waals surface area (Å²) < 4.78 is 35.1. The quantitative estimate of drug-likeness (QED) is 0.205. The number of aliphatic hydroxyl groups is 1. The average molecular weight is 889 g/mol. The third-order valence-electron chi connectivity index (χ3n) is 12.5. The highest BCUT2D eigenvalue weighted by molar-refractivity contribution is 6.35. The number of alkyl carbamates (subject to hydrolysis) is 2. The van der Waals surface area contributed by atoms with E-state index in [1.807, 2.05) is 13.0 Å². The van der Waals surface area contributed by atoms with Crippen molar-refractivity contribution in [2.75, 3.05) is 39.8 Å². The van der Waals surface area contributed by atoms with Crippen LogP contribution in [0.1, 0.15) is 99.0 Å². The number of carbonyl (C=O) groups excluding carboxylic acids is 5. The number of methoxy groups -OCH3 is 2. The van der Waals surface area contributed by atoms with Gasteiger partial charge in [0.1, 0.15) is 51.9 Å². The van der Waals surface area contributed by atoms with Gasteiger partial charge in [-0.1, -0.05) is 35.4 Å². The number of likely N-dealkylation sites (N-methyl/N-ethyl adjacent to an activating group) is 1. The number of anilines is 1. The molecule has 5 aliphatic rings. The number of halogens is 1. The summed E-state index contributed by atoms with van der Waals surface area (Å²) in [6.45, 7) is 12.8. The molecule has 0 aromatic heterocycles. The summed E-state index contributed by atoms with van der Waals surface area (Å²) in [5.41, 5.74) is -2.84. The van der Waals surface area contributed by atoms with Crippen LogP contribution in [0.4, 0.5) is 15.3 Å². The predicted molar refractivity (Wildman–Crippen MR) is 231 cm³/mol. The highest BCUT2D eigenvalue weighted by atomic mass is 35.5. The molecule has 1 saturated carbocycles. The van der Waals surface area contributed by atoms with Gasteiger partial charge in [-0.2, -0.15) is 0 Å². The minimum atomic E-state index is -1.87. The molecule has 1 unspecified atom stereocenters. The maximum Gasteiger partial charge on any atom is 0.409 e. The Bertz CT molecular complexity index is 1920. The summed E-state index contributed by atoms with van der Waals surface area (Å²) in [4.78, 5) is 70.1. The Morgan fingerprint density at radius 1 is 1.11 bits per heavy atom. The van der Waals surface area contributed by atoms with Crippen molar-refractivity contribution >= 4 is 47.3 Å². The van der Waals surface area contributed by atoms with Crippen molar-refractivity contribution in [3.05, 3.63) is 46.5 Å². The molecule has 6 rings (SSSR count). The van der Waals surface area contributed by atoms with Crippen LogP contribution < -0.4 is 20.3 Å². The molecule has 3 N–H and O–H groups in total. The number of fused-ring (bicyclic) bond motifs is 6. The predicted octanol–water partition coefficient (Wildman–Crippen LogP) is 5.99. The number of amides is 4. The molecule has 0 radical (unpaired) electrons. The number of nitrogens with one attached hydrogen (secondary N) is 2. The molecular formula is C45H65ClN4O12. The lowest BCUT2D eigenvalue weighted by Crippen LogP contribution is -2.72.